The highest BCUT2D eigenvalue weighted by Gasteiger charge is 2.10. The molecule has 3 aromatic rings. The van der Waals surface area contributed by atoms with E-state index in [1.807, 2.05) is 60.7 Å². The Hall–Kier alpha value is -3.51. The monoisotopic (exact) mass is 445 g/mol. The maximum absolute atomic E-state index is 12.4. The van der Waals surface area contributed by atoms with Crippen molar-refractivity contribution in [1.29, 1.82) is 0 Å². The van der Waals surface area contributed by atoms with Gasteiger partial charge in [0.1, 0.15) is 0 Å². The van der Waals surface area contributed by atoms with Gasteiger partial charge < -0.3 is 10.6 Å². The average Bonchev–Trinajstić information content (AvgIpc) is 2.78. The van der Waals surface area contributed by atoms with Crippen molar-refractivity contribution in [2.45, 2.75) is 32.6 Å². The van der Waals surface area contributed by atoms with Crippen LogP contribution in [-0.2, 0) is 11.2 Å². The minimum atomic E-state index is -0.275. The molecule has 0 atom stereocenters. The summed E-state index contributed by atoms with van der Waals surface area (Å²) in [6.45, 7) is 4.21. The predicted octanol–water partition coefficient (Wildman–Crippen LogP) is 5.51. The van der Waals surface area contributed by atoms with E-state index in [4.69, 9.17) is 12.2 Å². The zero-order valence-electron chi connectivity index (χ0n) is 18.2. The molecule has 0 spiro atoms. The normalized spacial score (nSPS) is 10.5. The van der Waals surface area contributed by atoms with Gasteiger partial charge in [0.25, 0.3) is 5.91 Å². The summed E-state index contributed by atoms with van der Waals surface area (Å²) < 4.78 is 0. The number of carbonyl (C=O) groups excluding carboxylic acids is 2. The molecule has 0 saturated carbocycles. The van der Waals surface area contributed by atoms with Gasteiger partial charge in [-0.25, -0.2) is 0 Å². The molecule has 0 aliphatic heterocycles. The molecule has 0 unspecified atom stereocenters. The largest absolute Gasteiger partial charge is 0.332 e. The van der Waals surface area contributed by atoms with Crippen LogP contribution in [0.25, 0.3) is 0 Å². The lowest BCUT2D eigenvalue weighted by Crippen LogP contribution is -2.34. The van der Waals surface area contributed by atoms with Crippen LogP contribution in [0.5, 0.6) is 0 Å². The Bertz CT molecular complexity index is 1080. The van der Waals surface area contributed by atoms with Crippen LogP contribution in [0, 0.1) is 0 Å². The molecule has 0 aliphatic carbocycles. The fourth-order valence-electron chi connectivity index (χ4n) is 3.16. The van der Waals surface area contributed by atoms with E-state index in [0.29, 0.717) is 35.7 Å². The highest BCUT2D eigenvalue weighted by atomic mass is 32.1. The van der Waals surface area contributed by atoms with E-state index in [-0.39, 0.29) is 16.9 Å². The topological polar surface area (TPSA) is 70.2 Å². The molecule has 0 heterocycles. The summed E-state index contributed by atoms with van der Waals surface area (Å²) >= 11 is 5.28. The maximum Gasteiger partial charge on any atom is 0.257 e. The van der Waals surface area contributed by atoms with Gasteiger partial charge in [-0.1, -0.05) is 62.4 Å². The number of thiocarbonyl (C=S) groups is 1. The molecule has 3 aromatic carbocycles. The molecule has 0 aliphatic rings. The van der Waals surface area contributed by atoms with Gasteiger partial charge in [-0.2, -0.15) is 0 Å². The van der Waals surface area contributed by atoms with Crippen molar-refractivity contribution in [3.63, 3.8) is 0 Å². The van der Waals surface area contributed by atoms with Crippen molar-refractivity contribution in [2.75, 3.05) is 10.6 Å². The lowest BCUT2D eigenvalue weighted by molar-refractivity contribution is -0.116. The average molecular weight is 446 g/mol. The van der Waals surface area contributed by atoms with Gasteiger partial charge in [-0.3, -0.25) is 14.9 Å². The van der Waals surface area contributed by atoms with Crippen molar-refractivity contribution in [3.8, 4) is 0 Å². The molecule has 3 rings (SSSR count). The van der Waals surface area contributed by atoms with Gasteiger partial charge in [-0.15, -0.1) is 0 Å². The van der Waals surface area contributed by atoms with Gasteiger partial charge in [0.05, 0.1) is 0 Å². The van der Waals surface area contributed by atoms with Gasteiger partial charge in [-0.05, 0) is 66.0 Å². The molecule has 32 heavy (non-hydrogen) atoms. The lowest BCUT2D eigenvalue weighted by Gasteiger charge is -2.12. The van der Waals surface area contributed by atoms with E-state index in [9.17, 15) is 9.59 Å². The SMILES string of the molecule is CC(C)c1ccc(C(=O)NC(=S)Nc2cccc(NC(=O)CCc3ccccc3)c2)cc1. The third kappa shape index (κ3) is 7.03. The zero-order valence-corrected chi connectivity index (χ0v) is 19.0. The number of nitrogens with one attached hydrogen (secondary N) is 3. The Morgan fingerprint density at radius 3 is 2.16 bits per heavy atom. The van der Waals surface area contributed by atoms with Crippen LogP contribution in [0.3, 0.4) is 0 Å². The van der Waals surface area contributed by atoms with Crippen LogP contribution in [0.15, 0.2) is 78.9 Å². The fraction of sp³-hybridized carbons (Fsp3) is 0.192. The number of hydrogen-bond acceptors (Lipinski definition) is 3. The van der Waals surface area contributed by atoms with E-state index in [1.165, 1.54) is 5.56 Å². The van der Waals surface area contributed by atoms with Crippen LogP contribution >= 0.6 is 12.2 Å². The first-order valence-electron chi connectivity index (χ1n) is 10.6. The van der Waals surface area contributed by atoms with Crippen molar-refractivity contribution < 1.29 is 9.59 Å². The van der Waals surface area contributed by atoms with E-state index >= 15 is 0 Å². The molecule has 3 N–H and O–H groups in total. The summed E-state index contributed by atoms with van der Waals surface area (Å²) in [7, 11) is 0. The van der Waals surface area contributed by atoms with Crippen molar-refractivity contribution >= 4 is 40.5 Å². The Morgan fingerprint density at radius 1 is 0.844 bits per heavy atom. The minimum absolute atomic E-state index is 0.0632. The van der Waals surface area contributed by atoms with Gasteiger partial charge in [0.2, 0.25) is 5.91 Å². The first kappa shape index (κ1) is 23.2. The van der Waals surface area contributed by atoms with E-state index in [1.54, 1.807) is 18.2 Å². The number of hydrogen-bond donors (Lipinski definition) is 3. The third-order valence-corrected chi connectivity index (χ3v) is 5.16. The summed E-state index contributed by atoms with van der Waals surface area (Å²) in [5.74, 6) is 0.0656. The predicted molar refractivity (Wildman–Crippen MR) is 134 cm³/mol. The number of rotatable bonds is 7. The highest BCUT2D eigenvalue weighted by Crippen LogP contribution is 2.17. The van der Waals surface area contributed by atoms with Gasteiger partial charge in [0, 0.05) is 23.4 Å². The smallest absolute Gasteiger partial charge is 0.257 e. The molecular weight excluding hydrogens is 418 g/mol. The minimum Gasteiger partial charge on any atom is -0.332 e. The number of benzene rings is 3. The lowest BCUT2D eigenvalue weighted by atomic mass is 10.0. The fourth-order valence-corrected chi connectivity index (χ4v) is 3.37. The molecule has 0 radical (unpaired) electrons. The molecule has 164 valence electrons. The standard InChI is InChI=1S/C26H27N3O2S/c1-18(2)20-12-14-21(15-13-20)25(31)29-26(32)28-23-10-6-9-22(17-23)27-24(30)16-11-19-7-4-3-5-8-19/h3-10,12-15,17-18H,11,16H2,1-2H3,(H,27,30)(H2,28,29,31,32). The molecule has 2 amide bonds. The second-order valence-electron chi connectivity index (χ2n) is 7.80. The van der Waals surface area contributed by atoms with Crippen LogP contribution in [0.1, 0.15) is 47.7 Å². The Labute approximate surface area is 194 Å². The number of aryl methyl sites for hydroxylation is 1. The zero-order chi connectivity index (χ0) is 22.9. The molecule has 0 fully saturated rings. The van der Waals surface area contributed by atoms with Crippen LogP contribution in [-0.4, -0.2) is 16.9 Å². The first-order chi connectivity index (χ1) is 15.4. The van der Waals surface area contributed by atoms with Crippen LogP contribution in [0.2, 0.25) is 0 Å². The third-order valence-electron chi connectivity index (χ3n) is 4.95. The summed E-state index contributed by atoms with van der Waals surface area (Å²) in [4.78, 5) is 24.7. The van der Waals surface area contributed by atoms with E-state index in [0.717, 1.165) is 5.56 Å². The van der Waals surface area contributed by atoms with Crippen LogP contribution in [0.4, 0.5) is 11.4 Å². The summed E-state index contributed by atoms with van der Waals surface area (Å²) in [6, 6.07) is 24.6. The molecule has 0 bridgehead atoms. The summed E-state index contributed by atoms with van der Waals surface area (Å²) in [5.41, 5.74) is 4.17. The summed E-state index contributed by atoms with van der Waals surface area (Å²) in [6.07, 6.45) is 1.07. The van der Waals surface area contributed by atoms with Crippen molar-refractivity contribution in [3.05, 3.63) is 95.6 Å². The molecule has 0 saturated heterocycles. The van der Waals surface area contributed by atoms with Gasteiger partial charge in [0.15, 0.2) is 5.11 Å². The molecule has 6 heteroatoms. The Morgan fingerprint density at radius 2 is 1.50 bits per heavy atom. The molecular formula is C26H27N3O2S. The Kier molecular flexibility index (Phi) is 8.11. The molecule has 0 aromatic heterocycles. The van der Waals surface area contributed by atoms with Crippen molar-refractivity contribution in [2.24, 2.45) is 0 Å². The number of carbonyl (C=O) groups is 2. The molecule has 5 nitrogen and oxygen atoms in total. The second-order valence-corrected chi connectivity index (χ2v) is 8.21. The van der Waals surface area contributed by atoms with Crippen molar-refractivity contribution in [1.82, 2.24) is 5.32 Å². The second kappa shape index (κ2) is 11.2. The van der Waals surface area contributed by atoms with Gasteiger partial charge >= 0.3 is 0 Å². The quantitative estimate of drug-likeness (QED) is 0.420. The highest BCUT2D eigenvalue weighted by molar-refractivity contribution is 7.80. The first-order valence-corrected chi connectivity index (χ1v) is 11.0. The van der Waals surface area contributed by atoms with E-state index in [2.05, 4.69) is 29.8 Å². The summed E-state index contributed by atoms with van der Waals surface area (Å²) in [5, 5.41) is 8.77. The number of anilines is 2. The number of amides is 2. The van der Waals surface area contributed by atoms with Crippen LogP contribution < -0.4 is 16.0 Å². The maximum atomic E-state index is 12.4. The Balaban J connectivity index is 1.51. The van der Waals surface area contributed by atoms with E-state index < -0.39 is 0 Å².